The Bertz CT molecular complexity index is 399. The lowest BCUT2D eigenvalue weighted by atomic mass is 10.1. The van der Waals surface area contributed by atoms with Crippen molar-refractivity contribution in [2.75, 3.05) is 13.1 Å². The molecule has 0 atom stereocenters. The molecule has 1 aromatic rings. The zero-order valence-corrected chi connectivity index (χ0v) is 11.2. The van der Waals surface area contributed by atoms with E-state index in [0.29, 0.717) is 29.7 Å². The maximum atomic E-state index is 12.5. The van der Waals surface area contributed by atoms with Gasteiger partial charge in [-0.05, 0) is 37.1 Å². The van der Waals surface area contributed by atoms with E-state index in [4.69, 9.17) is 17.3 Å². The maximum absolute atomic E-state index is 12.5. The van der Waals surface area contributed by atoms with Crippen LogP contribution in [0.15, 0.2) is 24.3 Å². The van der Waals surface area contributed by atoms with Gasteiger partial charge in [0.1, 0.15) is 0 Å². The van der Waals surface area contributed by atoms with Crippen LogP contribution in [0, 0.1) is 0 Å². The molecule has 2 rings (SSSR count). The Hall–Kier alpha value is -1.06. The van der Waals surface area contributed by atoms with E-state index in [2.05, 4.69) is 0 Å². The average Bonchev–Trinajstić information content (AvgIpc) is 2.90. The van der Waals surface area contributed by atoms with Gasteiger partial charge in [0.05, 0.1) is 0 Å². The molecule has 2 N–H and O–H groups in total. The molecule has 0 unspecified atom stereocenters. The van der Waals surface area contributed by atoms with Crippen LogP contribution in [-0.4, -0.2) is 29.9 Å². The number of amides is 1. The number of nitrogens with zero attached hydrogens (tertiary/aromatic N) is 1. The van der Waals surface area contributed by atoms with Crippen LogP contribution in [-0.2, 0) is 0 Å². The Morgan fingerprint density at radius 3 is 2.44 bits per heavy atom. The average molecular weight is 267 g/mol. The number of carbonyl (C=O) groups excluding carboxylic acids is 1. The van der Waals surface area contributed by atoms with E-state index >= 15 is 0 Å². The van der Waals surface area contributed by atoms with Gasteiger partial charge >= 0.3 is 0 Å². The molecule has 0 spiro atoms. The van der Waals surface area contributed by atoms with E-state index < -0.39 is 0 Å². The zero-order chi connectivity index (χ0) is 13.0. The molecule has 0 bridgehead atoms. The third-order valence-corrected chi connectivity index (χ3v) is 3.74. The zero-order valence-electron chi connectivity index (χ0n) is 10.4. The number of hydrogen-bond donors (Lipinski definition) is 1. The van der Waals surface area contributed by atoms with E-state index in [1.54, 1.807) is 24.3 Å². The topological polar surface area (TPSA) is 46.3 Å². The van der Waals surface area contributed by atoms with Crippen LogP contribution in [0.3, 0.4) is 0 Å². The molecule has 0 aliphatic heterocycles. The van der Waals surface area contributed by atoms with Crippen molar-refractivity contribution in [3.8, 4) is 0 Å². The standard InChI is InChI=1S/C14H19ClN2O/c15-12-7-5-11(6-8-12)14(18)17(10-9-16)13-3-1-2-4-13/h5-8,13H,1-4,9-10,16H2. The Kier molecular flexibility index (Phi) is 4.61. The van der Waals surface area contributed by atoms with Gasteiger partial charge in [-0.1, -0.05) is 24.4 Å². The molecule has 0 radical (unpaired) electrons. The lowest BCUT2D eigenvalue weighted by Gasteiger charge is -2.28. The Morgan fingerprint density at radius 1 is 1.28 bits per heavy atom. The third kappa shape index (κ3) is 3.03. The first kappa shape index (κ1) is 13.4. The van der Waals surface area contributed by atoms with Crippen molar-refractivity contribution in [1.29, 1.82) is 0 Å². The molecule has 0 heterocycles. The molecule has 1 aliphatic rings. The van der Waals surface area contributed by atoms with Crippen molar-refractivity contribution in [1.82, 2.24) is 4.90 Å². The van der Waals surface area contributed by atoms with Crippen molar-refractivity contribution in [2.24, 2.45) is 5.73 Å². The third-order valence-electron chi connectivity index (χ3n) is 3.49. The Labute approximate surface area is 113 Å². The second-order valence-electron chi connectivity index (χ2n) is 4.73. The Balaban J connectivity index is 2.14. The summed E-state index contributed by atoms with van der Waals surface area (Å²) < 4.78 is 0. The van der Waals surface area contributed by atoms with Gasteiger partial charge in [0.25, 0.3) is 5.91 Å². The summed E-state index contributed by atoms with van der Waals surface area (Å²) in [6.07, 6.45) is 4.61. The smallest absolute Gasteiger partial charge is 0.254 e. The van der Waals surface area contributed by atoms with E-state index in [1.165, 1.54) is 12.8 Å². The highest BCUT2D eigenvalue weighted by molar-refractivity contribution is 6.30. The van der Waals surface area contributed by atoms with Gasteiger partial charge in [-0.3, -0.25) is 4.79 Å². The molecule has 0 aromatic heterocycles. The number of carbonyl (C=O) groups is 1. The summed E-state index contributed by atoms with van der Waals surface area (Å²) in [7, 11) is 0. The molecule has 18 heavy (non-hydrogen) atoms. The highest BCUT2D eigenvalue weighted by atomic mass is 35.5. The number of halogens is 1. The minimum atomic E-state index is 0.0732. The predicted molar refractivity (Wildman–Crippen MR) is 73.8 cm³/mol. The summed E-state index contributed by atoms with van der Waals surface area (Å²) in [6, 6.07) is 7.43. The summed E-state index contributed by atoms with van der Waals surface area (Å²) in [4.78, 5) is 14.4. The molecule has 4 heteroatoms. The number of benzene rings is 1. The molecule has 1 fully saturated rings. The van der Waals surface area contributed by atoms with Crippen molar-refractivity contribution in [3.63, 3.8) is 0 Å². The summed E-state index contributed by atoms with van der Waals surface area (Å²) in [5.74, 6) is 0.0732. The fourth-order valence-corrected chi connectivity index (χ4v) is 2.69. The quantitative estimate of drug-likeness (QED) is 0.911. The highest BCUT2D eigenvalue weighted by Crippen LogP contribution is 2.25. The molecule has 1 amide bonds. The van der Waals surface area contributed by atoms with Crippen LogP contribution in [0.4, 0.5) is 0 Å². The fraction of sp³-hybridized carbons (Fsp3) is 0.500. The second-order valence-corrected chi connectivity index (χ2v) is 5.17. The lowest BCUT2D eigenvalue weighted by Crippen LogP contribution is -2.41. The van der Waals surface area contributed by atoms with Crippen molar-refractivity contribution < 1.29 is 4.79 Å². The minimum absolute atomic E-state index is 0.0732. The maximum Gasteiger partial charge on any atom is 0.254 e. The summed E-state index contributed by atoms with van der Waals surface area (Å²) in [5, 5.41) is 0.651. The van der Waals surface area contributed by atoms with E-state index in [-0.39, 0.29) is 5.91 Å². The largest absolute Gasteiger partial charge is 0.334 e. The van der Waals surface area contributed by atoms with Crippen molar-refractivity contribution in [2.45, 2.75) is 31.7 Å². The normalized spacial score (nSPS) is 15.9. The molecule has 98 valence electrons. The highest BCUT2D eigenvalue weighted by Gasteiger charge is 2.26. The molecule has 1 aliphatic carbocycles. The first-order valence-electron chi connectivity index (χ1n) is 6.49. The summed E-state index contributed by atoms with van der Waals surface area (Å²) in [5.41, 5.74) is 6.32. The molecule has 1 aromatic carbocycles. The van der Waals surface area contributed by atoms with Gasteiger partial charge in [0.2, 0.25) is 0 Å². The summed E-state index contributed by atoms with van der Waals surface area (Å²) >= 11 is 5.84. The van der Waals surface area contributed by atoms with Gasteiger partial charge in [0.15, 0.2) is 0 Å². The van der Waals surface area contributed by atoms with Gasteiger partial charge in [-0.15, -0.1) is 0 Å². The minimum Gasteiger partial charge on any atom is -0.334 e. The van der Waals surface area contributed by atoms with Gasteiger partial charge in [0, 0.05) is 29.7 Å². The van der Waals surface area contributed by atoms with Crippen LogP contribution in [0.25, 0.3) is 0 Å². The SMILES string of the molecule is NCCN(C(=O)c1ccc(Cl)cc1)C1CCCC1. The molecule has 1 saturated carbocycles. The molecule has 0 saturated heterocycles. The number of nitrogens with two attached hydrogens (primary N) is 1. The van der Waals surface area contributed by atoms with Gasteiger partial charge in [-0.25, -0.2) is 0 Å². The lowest BCUT2D eigenvalue weighted by molar-refractivity contribution is 0.0688. The fourth-order valence-electron chi connectivity index (χ4n) is 2.56. The number of rotatable bonds is 4. The van der Waals surface area contributed by atoms with Crippen molar-refractivity contribution in [3.05, 3.63) is 34.9 Å². The molecular weight excluding hydrogens is 248 g/mol. The second kappa shape index (κ2) is 6.21. The van der Waals surface area contributed by atoms with Crippen LogP contribution in [0.1, 0.15) is 36.0 Å². The number of hydrogen-bond acceptors (Lipinski definition) is 2. The van der Waals surface area contributed by atoms with E-state index in [1.807, 2.05) is 4.90 Å². The molecular formula is C14H19ClN2O. The predicted octanol–water partition coefficient (Wildman–Crippen LogP) is 2.68. The first-order chi connectivity index (χ1) is 8.72. The summed E-state index contributed by atoms with van der Waals surface area (Å²) in [6.45, 7) is 1.14. The molecule has 3 nitrogen and oxygen atoms in total. The Morgan fingerprint density at radius 2 is 1.89 bits per heavy atom. The van der Waals surface area contributed by atoms with Crippen molar-refractivity contribution >= 4 is 17.5 Å². The van der Waals surface area contributed by atoms with Crippen LogP contribution < -0.4 is 5.73 Å². The van der Waals surface area contributed by atoms with Crippen LogP contribution in [0.2, 0.25) is 5.02 Å². The first-order valence-corrected chi connectivity index (χ1v) is 6.87. The monoisotopic (exact) mass is 266 g/mol. The van der Waals surface area contributed by atoms with E-state index in [9.17, 15) is 4.79 Å². The van der Waals surface area contributed by atoms with Gasteiger partial charge < -0.3 is 10.6 Å². The van der Waals surface area contributed by atoms with Crippen LogP contribution >= 0.6 is 11.6 Å². The van der Waals surface area contributed by atoms with Crippen LogP contribution in [0.5, 0.6) is 0 Å². The van der Waals surface area contributed by atoms with Gasteiger partial charge in [-0.2, -0.15) is 0 Å². The van der Waals surface area contributed by atoms with E-state index in [0.717, 1.165) is 12.8 Å².